The van der Waals surface area contributed by atoms with Gasteiger partial charge in [0, 0.05) is 6.42 Å². The molecule has 3 rings (SSSR count). The largest absolute Gasteiger partial charge is 0.493 e. The molecular formula is C17H22N4O3. The van der Waals surface area contributed by atoms with Crippen molar-refractivity contribution in [3.8, 4) is 5.75 Å². The minimum atomic E-state index is -0.144. The molecule has 0 spiro atoms. The summed E-state index contributed by atoms with van der Waals surface area (Å²) in [5.41, 5.74) is 7.53. The first-order valence-electron chi connectivity index (χ1n) is 8.02. The fourth-order valence-electron chi connectivity index (χ4n) is 2.35. The highest BCUT2D eigenvalue weighted by Gasteiger charge is 2.13. The molecule has 1 saturated heterocycles. The van der Waals surface area contributed by atoms with E-state index in [-0.39, 0.29) is 6.29 Å². The maximum absolute atomic E-state index is 5.74. The Balaban J connectivity index is 1.48. The summed E-state index contributed by atoms with van der Waals surface area (Å²) in [4.78, 5) is 4.10. The van der Waals surface area contributed by atoms with E-state index in [1.165, 1.54) is 0 Å². The Kier molecular flexibility index (Phi) is 5.45. The van der Waals surface area contributed by atoms with E-state index in [1.807, 2.05) is 31.2 Å². The molecular weight excluding hydrogens is 308 g/mol. The van der Waals surface area contributed by atoms with Crippen LogP contribution < -0.4 is 10.5 Å². The number of rotatable bonds is 6. The Bertz CT molecular complexity index is 676. The predicted molar refractivity (Wildman–Crippen MR) is 91.2 cm³/mol. The third-order valence-corrected chi connectivity index (χ3v) is 3.56. The molecule has 128 valence electrons. The van der Waals surface area contributed by atoms with Gasteiger partial charge in [0.15, 0.2) is 6.29 Å². The Morgan fingerprint density at radius 3 is 2.75 bits per heavy atom. The second kappa shape index (κ2) is 7.94. The number of ether oxygens (including phenoxy) is 3. The van der Waals surface area contributed by atoms with E-state index in [4.69, 9.17) is 19.9 Å². The van der Waals surface area contributed by atoms with E-state index in [0.717, 1.165) is 43.1 Å². The summed E-state index contributed by atoms with van der Waals surface area (Å²) in [6, 6.07) is 7.69. The normalized spacial score (nSPS) is 15.9. The molecule has 1 aromatic heterocycles. The molecule has 1 fully saturated rings. The van der Waals surface area contributed by atoms with Gasteiger partial charge >= 0.3 is 0 Å². The van der Waals surface area contributed by atoms with Gasteiger partial charge in [-0.05, 0) is 43.2 Å². The van der Waals surface area contributed by atoms with Gasteiger partial charge in [-0.3, -0.25) is 0 Å². The molecule has 2 aromatic rings. The van der Waals surface area contributed by atoms with E-state index in [2.05, 4.69) is 10.1 Å². The van der Waals surface area contributed by atoms with E-state index in [9.17, 15) is 0 Å². The Labute approximate surface area is 141 Å². The van der Waals surface area contributed by atoms with Gasteiger partial charge in [-0.2, -0.15) is 5.10 Å². The number of imidazole rings is 1. The average Bonchev–Trinajstić information content (AvgIpc) is 2.93. The third-order valence-electron chi connectivity index (χ3n) is 3.56. The summed E-state index contributed by atoms with van der Waals surface area (Å²) >= 11 is 0. The zero-order valence-corrected chi connectivity index (χ0v) is 13.7. The van der Waals surface area contributed by atoms with Crippen LogP contribution in [-0.4, -0.2) is 42.0 Å². The zero-order chi connectivity index (χ0) is 16.8. The number of benzene rings is 1. The molecule has 24 heavy (non-hydrogen) atoms. The average molecular weight is 330 g/mol. The summed E-state index contributed by atoms with van der Waals surface area (Å²) < 4.78 is 18.2. The van der Waals surface area contributed by atoms with Crippen LogP contribution in [0.3, 0.4) is 0 Å². The minimum Gasteiger partial charge on any atom is -0.493 e. The molecule has 2 heterocycles. The van der Waals surface area contributed by atoms with Crippen LogP contribution in [0.4, 0.5) is 5.95 Å². The van der Waals surface area contributed by atoms with Gasteiger partial charge in [0.1, 0.15) is 5.75 Å². The van der Waals surface area contributed by atoms with Gasteiger partial charge < -0.3 is 19.9 Å². The maximum atomic E-state index is 5.74. The molecule has 7 heteroatoms. The smallest absolute Gasteiger partial charge is 0.221 e. The highest BCUT2D eigenvalue weighted by Crippen LogP contribution is 2.14. The predicted octanol–water partition coefficient (Wildman–Crippen LogP) is 2.19. The molecule has 0 aliphatic carbocycles. The van der Waals surface area contributed by atoms with Crippen molar-refractivity contribution in [2.24, 2.45) is 5.10 Å². The zero-order valence-electron chi connectivity index (χ0n) is 13.7. The second-order valence-corrected chi connectivity index (χ2v) is 5.56. The molecule has 1 aromatic carbocycles. The van der Waals surface area contributed by atoms with Gasteiger partial charge in [-0.25, -0.2) is 9.66 Å². The van der Waals surface area contributed by atoms with Crippen molar-refractivity contribution in [3.05, 3.63) is 41.7 Å². The molecule has 0 unspecified atom stereocenters. The Morgan fingerprint density at radius 1 is 1.33 bits per heavy atom. The summed E-state index contributed by atoms with van der Waals surface area (Å²) in [5.74, 6) is 1.18. The number of anilines is 1. The van der Waals surface area contributed by atoms with Crippen LogP contribution in [0.2, 0.25) is 0 Å². The van der Waals surface area contributed by atoms with Crippen LogP contribution in [0.5, 0.6) is 5.75 Å². The first-order chi connectivity index (χ1) is 11.7. The van der Waals surface area contributed by atoms with E-state index in [0.29, 0.717) is 12.6 Å². The number of aryl methyl sites for hydroxylation is 1. The van der Waals surface area contributed by atoms with Crippen molar-refractivity contribution in [2.75, 3.05) is 25.6 Å². The molecule has 0 amide bonds. The van der Waals surface area contributed by atoms with Gasteiger partial charge in [0.25, 0.3) is 0 Å². The molecule has 0 radical (unpaired) electrons. The number of hydrogen-bond donors (Lipinski definition) is 1. The van der Waals surface area contributed by atoms with E-state index in [1.54, 1.807) is 17.1 Å². The lowest BCUT2D eigenvalue weighted by molar-refractivity contribution is -0.183. The SMILES string of the molecule is Cc1cn(N=Cc2ccc(OCCC3OCCCO3)cc2)c(N)n1. The van der Waals surface area contributed by atoms with Crippen molar-refractivity contribution in [1.29, 1.82) is 0 Å². The van der Waals surface area contributed by atoms with Gasteiger partial charge in [0.05, 0.1) is 37.9 Å². The van der Waals surface area contributed by atoms with E-state index >= 15 is 0 Å². The van der Waals surface area contributed by atoms with Crippen LogP contribution in [0.1, 0.15) is 24.1 Å². The van der Waals surface area contributed by atoms with Gasteiger partial charge in [-0.15, -0.1) is 0 Å². The van der Waals surface area contributed by atoms with Crippen molar-refractivity contribution in [3.63, 3.8) is 0 Å². The molecule has 1 aliphatic heterocycles. The van der Waals surface area contributed by atoms with Crippen molar-refractivity contribution < 1.29 is 14.2 Å². The van der Waals surface area contributed by atoms with Gasteiger partial charge in [0.2, 0.25) is 5.95 Å². The van der Waals surface area contributed by atoms with Crippen molar-refractivity contribution in [1.82, 2.24) is 9.66 Å². The van der Waals surface area contributed by atoms with Gasteiger partial charge in [-0.1, -0.05) is 0 Å². The van der Waals surface area contributed by atoms with Crippen LogP contribution in [-0.2, 0) is 9.47 Å². The fraction of sp³-hybridized carbons (Fsp3) is 0.412. The first kappa shape index (κ1) is 16.5. The lowest BCUT2D eigenvalue weighted by atomic mass is 10.2. The highest BCUT2D eigenvalue weighted by atomic mass is 16.7. The number of nitrogens with two attached hydrogens (primary N) is 1. The van der Waals surface area contributed by atoms with E-state index < -0.39 is 0 Å². The Morgan fingerprint density at radius 2 is 2.08 bits per heavy atom. The number of nitrogen functional groups attached to an aromatic ring is 1. The number of hydrogen-bond acceptors (Lipinski definition) is 6. The molecule has 7 nitrogen and oxygen atoms in total. The molecule has 2 N–H and O–H groups in total. The topological polar surface area (TPSA) is 83.9 Å². The maximum Gasteiger partial charge on any atom is 0.221 e. The van der Waals surface area contributed by atoms with Crippen LogP contribution in [0.25, 0.3) is 0 Å². The quantitative estimate of drug-likeness (QED) is 0.821. The first-order valence-corrected chi connectivity index (χ1v) is 8.02. The van der Waals surface area contributed by atoms with Crippen LogP contribution in [0, 0.1) is 6.92 Å². The lowest BCUT2D eigenvalue weighted by Crippen LogP contribution is -2.26. The molecule has 0 bridgehead atoms. The Hall–Kier alpha value is -2.38. The second-order valence-electron chi connectivity index (χ2n) is 5.56. The lowest BCUT2D eigenvalue weighted by Gasteiger charge is -2.23. The summed E-state index contributed by atoms with van der Waals surface area (Å²) in [5, 5.41) is 4.28. The standard InChI is InChI=1S/C17H22N4O3/c1-13-12-21(17(18)20-13)19-11-14-3-5-15(6-4-14)22-10-7-16-23-8-2-9-24-16/h3-6,11-12,16H,2,7-10H2,1H3,(H2,18,20). The van der Waals surface area contributed by atoms with Crippen LogP contribution >= 0.6 is 0 Å². The molecule has 0 saturated carbocycles. The van der Waals surface area contributed by atoms with Crippen molar-refractivity contribution >= 4 is 12.2 Å². The summed E-state index contributed by atoms with van der Waals surface area (Å²) in [7, 11) is 0. The fourth-order valence-corrected chi connectivity index (χ4v) is 2.35. The van der Waals surface area contributed by atoms with Crippen molar-refractivity contribution in [2.45, 2.75) is 26.1 Å². The summed E-state index contributed by atoms with van der Waals surface area (Å²) in [6.45, 7) is 3.96. The molecule has 1 aliphatic rings. The van der Waals surface area contributed by atoms with Crippen LogP contribution in [0.15, 0.2) is 35.6 Å². The number of nitrogens with zero attached hydrogens (tertiary/aromatic N) is 3. The number of aromatic nitrogens is 2. The highest BCUT2D eigenvalue weighted by molar-refractivity contribution is 5.79. The molecule has 0 atom stereocenters. The monoisotopic (exact) mass is 330 g/mol. The minimum absolute atomic E-state index is 0.144. The summed E-state index contributed by atoms with van der Waals surface area (Å²) in [6.07, 6.45) is 5.05. The third kappa shape index (κ3) is 4.56.